The fraction of sp³-hybridized carbons (Fsp3) is 0.480. The molecule has 0 bridgehead atoms. The first-order valence-electron chi connectivity index (χ1n) is 11.5. The zero-order valence-electron chi connectivity index (χ0n) is 18.4. The Kier molecular flexibility index (Phi) is 5.72. The van der Waals surface area contributed by atoms with Gasteiger partial charge in [0.2, 0.25) is 15.9 Å². The van der Waals surface area contributed by atoms with E-state index in [-0.39, 0.29) is 22.8 Å². The average Bonchev–Trinajstić information content (AvgIpc) is 3.58. The molecule has 0 spiro atoms. The molecule has 1 amide bonds. The lowest BCUT2D eigenvalue weighted by molar-refractivity contribution is -0.140. The normalized spacial score (nSPS) is 21.8. The number of amides is 1. The fourth-order valence-corrected chi connectivity index (χ4v) is 6.68. The lowest BCUT2D eigenvalue weighted by Crippen LogP contribution is -2.45. The van der Waals surface area contributed by atoms with Crippen molar-refractivity contribution in [3.63, 3.8) is 0 Å². The molecule has 2 fully saturated rings. The van der Waals surface area contributed by atoms with Gasteiger partial charge in [-0.3, -0.25) is 4.79 Å². The Morgan fingerprint density at radius 1 is 0.969 bits per heavy atom. The number of hydrogen-bond acceptors (Lipinski definition) is 4. The third-order valence-corrected chi connectivity index (χ3v) is 9.04. The molecule has 0 N–H and O–H groups in total. The SMILES string of the molecule is COc1ccc(S(=O)(=O)N2CCC(C(=O)N(C3CC3)C3CCc4ccccc43)CC2)cc1. The van der Waals surface area contributed by atoms with Crippen molar-refractivity contribution in [2.75, 3.05) is 20.2 Å². The lowest BCUT2D eigenvalue weighted by atomic mass is 9.95. The molecule has 0 aromatic heterocycles. The molecule has 7 heteroatoms. The van der Waals surface area contributed by atoms with Crippen LogP contribution < -0.4 is 4.74 Å². The van der Waals surface area contributed by atoms with E-state index >= 15 is 0 Å². The molecule has 6 nitrogen and oxygen atoms in total. The Morgan fingerprint density at radius 3 is 2.31 bits per heavy atom. The zero-order valence-corrected chi connectivity index (χ0v) is 19.3. The molecule has 1 saturated heterocycles. The molecule has 2 aliphatic carbocycles. The number of rotatable bonds is 6. The molecule has 170 valence electrons. The fourth-order valence-electron chi connectivity index (χ4n) is 5.22. The van der Waals surface area contributed by atoms with Crippen LogP contribution >= 0.6 is 0 Å². The average molecular weight is 455 g/mol. The second-order valence-electron chi connectivity index (χ2n) is 9.08. The summed E-state index contributed by atoms with van der Waals surface area (Å²) in [6.07, 6.45) is 5.32. The molecular formula is C25H30N2O4S. The standard InChI is InChI=1S/C25H30N2O4S/c1-31-21-9-11-22(12-10-21)32(29,30)26-16-14-19(15-17-26)25(28)27(20-7-8-20)24-13-6-18-4-2-3-5-23(18)24/h2-5,9-12,19-20,24H,6-8,13-17H2,1H3. The maximum absolute atomic E-state index is 13.6. The molecule has 1 heterocycles. The van der Waals surface area contributed by atoms with E-state index in [2.05, 4.69) is 29.2 Å². The predicted molar refractivity (Wildman–Crippen MR) is 122 cm³/mol. The number of ether oxygens (including phenoxy) is 1. The first-order chi connectivity index (χ1) is 15.5. The number of carbonyl (C=O) groups is 1. The molecule has 2 aromatic carbocycles. The van der Waals surface area contributed by atoms with Gasteiger partial charge in [0.25, 0.3) is 0 Å². The zero-order chi connectivity index (χ0) is 22.3. The van der Waals surface area contributed by atoms with Crippen LogP contribution in [0, 0.1) is 5.92 Å². The van der Waals surface area contributed by atoms with Gasteiger partial charge in [-0.1, -0.05) is 24.3 Å². The molecule has 1 aliphatic heterocycles. The topological polar surface area (TPSA) is 66.9 Å². The molecule has 1 atom stereocenters. The van der Waals surface area contributed by atoms with Crippen molar-refractivity contribution in [2.24, 2.45) is 5.92 Å². The predicted octanol–water partition coefficient (Wildman–Crippen LogP) is 3.77. The van der Waals surface area contributed by atoms with Crippen molar-refractivity contribution in [3.05, 3.63) is 59.7 Å². The van der Waals surface area contributed by atoms with Gasteiger partial charge in [0.05, 0.1) is 18.0 Å². The summed E-state index contributed by atoms with van der Waals surface area (Å²) in [5.74, 6) is 0.739. The Morgan fingerprint density at radius 2 is 1.66 bits per heavy atom. The second kappa shape index (κ2) is 8.52. The van der Waals surface area contributed by atoms with Crippen molar-refractivity contribution < 1.29 is 17.9 Å². The summed E-state index contributed by atoms with van der Waals surface area (Å²) in [5.41, 5.74) is 2.66. The van der Waals surface area contributed by atoms with E-state index in [0.29, 0.717) is 37.7 Å². The van der Waals surface area contributed by atoms with Crippen LogP contribution in [0.5, 0.6) is 5.75 Å². The number of aryl methyl sites for hydroxylation is 1. The van der Waals surface area contributed by atoms with Crippen LogP contribution in [-0.4, -0.2) is 49.8 Å². The highest BCUT2D eigenvalue weighted by atomic mass is 32.2. The first-order valence-corrected chi connectivity index (χ1v) is 13.0. The Labute approximate surface area is 190 Å². The largest absolute Gasteiger partial charge is 0.497 e. The van der Waals surface area contributed by atoms with E-state index < -0.39 is 10.0 Å². The summed E-state index contributed by atoms with van der Waals surface area (Å²) in [5, 5.41) is 0. The van der Waals surface area contributed by atoms with Gasteiger partial charge < -0.3 is 9.64 Å². The van der Waals surface area contributed by atoms with Crippen molar-refractivity contribution >= 4 is 15.9 Å². The molecule has 0 radical (unpaired) electrons. The molecule has 1 saturated carbocycles. The quantitative estimate of drug-likeness (QED) is 0.666. The van der Waals surface area contributed by atoms with Crippen molar-refractivity contribution in [1.82, 2.24) is 9.21 Å². The summed E-state index contributed by atoms with van der Waals surface area (Å²) in [7, 11) is -2.01. The highest BCUT2D eigenvalue weighted by Gasteiger charge is 2.43. The van der Waals surface area contributed by atoms with E-state index in [1.54, 1.807) is 31.4 Å². The van der Waals surface area contributed by atoms with Gasteiger partial charge in [-0.2, -0.15) is 4.31 Å². The molecule has 32 heavy (non-hydrogen) atoms. The Balaban J connectivity index is 1.27. The number of sulfonamides is 1. The number of fused-ring (bicyclic) bond motifs is 1. The van der Waals surface area contributed by atoms with E-state index in [1.165, 1.54) is 15.4 Å². The third kappa shape index (κ3) is 3.92. The van der Waals surface area contributed by atoms with Gasteiger partial charge in [-0.15, -0.1) is 0 Å². The van der Waals surface area contributed by atoms with Gasteiger partial charge in [-0.25, -0.2) is 8.42 Å². The number of hydrogen-bond donors (Lipinski definition) is 0. The molecule has 1 unspecified atom stereocenters. The maximum atomic E-state index is 13.6. The van der Waals surface area contributed by atoms with E-state index in [4.69, 9.17) is 4.74 Å². The monoisotopic (exact) mass is 454 g/mol. The van der Waals surface area contributed by atoms with Crippen LogP contribution in [-0.2, 0) is 21.2 Å². The van der Waals surface area contributed by atoms with E-state index in [0.717, 1.165) is 25.7 Å². The van der Waals surface area contributed by atoms with E-state index in [9.17, 15) is 13.2 Å². The highest BCUT2D eigenvalue weighted by molar-refractivity contribution is 7.89. The van der Waals surface area contributed by atoms with Gasteiger partial charge in [0.15, 0.2) is 0 Å². The third-order valence-electron chi connectivity index (χ3n) is 7.13. The number of carbonyl (C=O) groups excluding carboxylic acids is 1. The van der Waals surface area contributed by atoms with Crippen molar-refractivity contribution in [3.8, 4) is 5.75 Å². The van der Waals surface area contributed by atoms with Gasteiger partial charge in [-0.05, 0) is 73.9 Å². The molecule has 2 aromatic rings. The van der Waals surface area contributed by atoms with Crippen LogP contribution in [0.3, 0.4) is 0 Å². The van der Waals surface area contributed by atoms with Crippen LogP contribution in [0.1, 0.15) is 49.3 Å². The molecular weight excluding hydrogens is 424 g/mol. The summed E-state index contributed by atoms with van der Waals surface area (Å²) >= 11 is 0. The van der Waals surface area contributed by atoms with Crippen LogP contribution in [0.25, 0.3) is 0 Å². The number of nitrogens with zero attached hydrogens (tertiary/aromatic N) is 2. The summed E-state index contributed by atoms with van der Waals surface area (Å²) < 4.78 is 32.8. The summed E-state index contributed by atoms with van der Waals surface area (Å²) in [6, 6.07) is 15.5. The van der Waals surface area contributed by atoms with Gasteiger partial charge >= 0.3 is 0 Å². The molecule has 3 aliphatic rings. The lowest BCUT2D eigenvalue weighted by Gasteiger charge is -2.36. The highest BCUT2D eigenvalue weighted by Crippen LogP contribution is 2.43. The number of methoxy groups -OCH3 is 1. The number of benzene rings is 2. The minimum Gasteiger partial charge on any atom is -0.497 e. The summed E-state index contributed by atoms with van der Waals surface area (Å²) in [4.78, 5) is 16.0. The minimum atomic E-state index is -3.56. The summed E-state index contributed by atoms with van der Waals surface area (Å²) in [6.45, 7) is 0.759. The second-order valence-corrected chi connectivity index (χ2v) is 11.0. The maximum Gasteiger partial charge on any atom is 0.243 e. The van der Waals surface area contributed by atoms with Crippen LogP contribution in [0.4, 0.5) is 0 Å². The van der Waals surface area contributed by atoms with Crippen molar-refractivity contribution in [1.29, 1.82) is 0 Å². The molecule has 5 rings (SSSR count). The minimum absolute atomic E-state index is 0.106. The Bertz CT molecular complexity index is 1090. The van der Waals surface area contributed by atoms with Gasteiger partial charge in [0, 0.05) is 25.0 Å². The van der Waals surface area contributed by atoms with Crippen LogP contribution in [0.15, 0.2) is 53.4 Å². The Hall–Kier alpha value is -2.38. The van der Waals surface area contributed by atoms with Crippen LogP contribution in [0.2, 0.25) is 0 Å². The number of piperidine rings is 1. The van der Waals surface area contributed by atoms with Gasteiger partial charge in [0.1, 0.15) is 5.75 Å². The smallest absolute Gasteiger partial charge is 0.243 e. The van der Waals surface area contributed by atoms with E-state index in [1.807, 2.05) is 0 Å². The first kappa shape index (κ1) is 21.5. The van der Waals surface area contributed by atoms with Crippen molar-refractivity contribution in [2.45, 2.75) is 55.5 Å².